The molecule has 0 aliphatic carbocycles. The van der Waals surface area contributed by atoms with Crippen molar-refractivity contribution < 1.29 is 19.4 Å². The van der Waals surface area contributed by atoms with Crippen LogP contribution in [-0.4, -0.2) is 75.4 Å². The molecule has 58 heavy (non-hydrogen) atoms. The number of aryl methyl sites for hydroxylation is 2. The van der Waals surface area contributed by atoms with E-state index < -0.39 is 7.12 Å². The van der Waals surface area contributed by atoms with E-state index in [1.165, 1.54) is 32.1 Å². The van der Waals surface area contributed by atoms with Gasteiger partial charge >= 0.3 is 14.2 Å². The van der Waals surface area contributed by atoms with Crippen molar-refractivity contribution in [3.63, 3.8) is 0 Å². The minimum atomic E-state index is -1.17. The maximum Gasteiger partial charge on any atom is 0.489 e. The van der Waals surface area contributed by atoms with E-state index >= 15 is 0 Å². The topological polar surface area (TPSA) is 266 Å². The third kappa shape index (κ3) is 17.4. The number of halogens is 3. The SMILES string of the molecule is C=C(C)B1OC(C)(C)C(C)(C)O1.C=C(C)c1ncnc(C)c1N.C=C(C)c1ncnc(C)c1N.C=C(C)c1ncnc(Cl)c1N.CB(O)O.Nc1c(Cl)ncnc1Cl. The van der Waals surface area contributed by atoms with Crippen molar-refractivity contribution in [2.24, 2.45) is 0 Å². The van der Waals surface area contributed by atoms with Gasteiger partial charge in [0.25, 0.3) is 0 Å². The van der Waals surface area contributed by atoms with Gasteiger partial charge in [0.1, 0.15) is 31.0 Å². The molecule has 4 aromatic heterocycles. The molecule has 1 saturated heterocycles. The molecule has 0 aromatic carbocycles. The molecule has 0 atom stereocenters. The summed E-state index contributed by atoms with van der Waals surface area (Å²) in [5, 5.41) is 15.9. The Hall–Kier alpha value is -4.68. The van der Waals surface area contributed by atoms with Crippen LogP contribution in [-0.2, 0) is 9.31 Å². The Balaban J connectivity index is 0.000000685. The first kappa shape index (κ1) is 53.3. The molecule has 5 rings (SSSR count). The summed E-state index contributed by atoms with van der Waals surface area (Å²) in [7, 11) is -1.41. The maximum atomic E-state index is 7.61. The van der Waals surface area contributed by atoms with Gasteiger partial charge in [0, 0.05) is 0 Å². The number of allylic oxidation sites excluding steroid dienone is 4. The molecule has 1 aliphatic rings. The van der Waals surface area contributed by atoms with Crippen molar-refractivity contribution in [2.45, 2.75) is 87.3 Å². The Morgan fingerprint density at radius 1 is 0.569 bits per heavy atom. The lowest BCUT2D eigenvalue weighted by atomic mass is 9.81. The van der Waals surface area contributed by atoms with E-state index in [1.54, 1.807) is 0 Å². The lowest BCUT2D eigenvalue weighted by Crippen LogP contribution is -2.41. The van der Waals surface area contributed by atoms with Gasteiger partial charge in [0.2, 0.25) is 0 Å². The van der Waals surface area contributed by atoms with Crippen molar-refractivity contribution in [1.82, 2.24) is 39.9 Å². The van der Waals surface area contributed by atoms with Gasteiger partial charge in [-0.3, -0.25) is 0 Å². The van der Waals surface area contributed by atoms with Gasteiger partial charge in [-0.25, -0.2) is 39.9 Å². The molecule has 16 nitrogen and oxygen atoms in total. The highest BCUT2D eigenvalue weighted by atomic mass is 35.5. The summed E-state index contributed by atoms with van der Waals surface area (Å²) in [5.41, 5.74) is 30.8. The Bertz CT molecular complexity index is 1850. The zero-order chi connectivity index (χ0) is 45.3. The summed E-state index contributed by atoms with van der Waals surface area (Å²) in [6.45, 7) is 35.6. The number of hydrogen-bond donors (Lipinski definition) is 6. The summed E-state index contributed by atoms with van der Waals surface area (Å²) in [6, 6.07) is 0. The molecule has 0 radical (unpaired) electrons. The summed E-state index contributed by atoms with van der Waals surface area (Å²) in [4.78, 5) is 30.7. The van der Waals surface area contributed by atoms with Crippen LogP contribution >= 0.6 is 34.8 Å². The van der Waals surface area contributed by atoms with Crippen LogP contribution in [0.2, 0.25) is 22.3 Å². The Labute approximate surface area is 357 Å². The largest absolute Gasteiger partial charge is 0.489 e. The molecule has 1 aliphatic heterocycles. The zero-order valence-electron chi connectivity index (χ0n) is 35.0. The predicted octanol–water partition coefficient (Wildman–Crippen LogP) is 7.19. The highest BCUT2D eigenvalue weighted by Gasteiger charge is 2.51. The average Bonchev–Trinajstić information content (AvgIpc) is 3.34. The second-order valence-corrected chi connectivity index (χ2v) is 14.7. The van der Waals surface area contributed by atoms with E-state index in [0.29, 0.717) is 22.8 Å². The average molecular weight is 860 g/mol. The van der Waals surface area contributed by atoms with E-state index in [1.807, 2.05) is 69.2 Å². The van der Waals surface area contributed by atoms with Crippen LogP contribution in [0, 0.1) is 13.8 Å². The van der Waals surface area contributed by atoms with Crippen molar-refractivity contribution in [3.8, 4) is 0 Å². The fourth-order valence-corrected chi connectivity index (χ4v) is 4.21. The van der Waals surface area contributed by atoms with Crippen LogP contribution < -0.4 is 22.9 Å². The van der Waals surface area contributed by atoms with Crippen LogP contribution in [0.25, 0.3) is 16.7 Å². The normalized spacial score (nSPS) is 12.8. The first-order valence-corrected chi connectivity index (χ1v) is 18.4. The van der Waals surface area contributed by atoms with Gasteiger partial charge in [-0.1, -0.05) is 60.0 Å². The lowest BCUT2D eigenvalue weighted by Gasteiger charge is -2.32. The third-order valence-electron chi connectivity index (χ3n) is 7.66. The molecule has 10 N–H and O–H groups in total. The molecular weight excluding hydrogens is 804 g/mol. The van der Waals surface area contributed by atoms with E-state index in [4.69, 9.17) is 77.1 Å². The number of aromatic nitrogens is 8. The number of nitrogens with two attached hydrogens (primary N) is 4. The fourth-order valence-electron chi connectivity index (χ4n) is 3.76. The summed E-state index contributed by atoms with van der Waals surface area (Å²) in [5.74, 6) is 0. The first-order chi connectivity index (χ1) is 26.6. The van der Waals surface area contributed by atoms with Gasteiger partial charge in [0.15, 0.2) is 15.5 Å². The van der Waals surface area contributed by atoms with Crippen molar-refractivity contribution in [2.75, 3.05) is 22.9 Å². The van der Waals surface area contributed by atoms with E-state index in [9.17, 15) is 0 Å². The molecule has 5 heterocycles. The smallest absolute Gasteiger partial charge is 0.427 e. The molecule has 0 spiro atoms. The second kappa shape index (κ2) is 24.3. The van der Waals surface area contributed by atoms with Crippen molar-refractivity contribution >= 4 is 88.5 Å². The van der Waals surface area contributed by atoms with Crippen LogP contribution in [0.15, 0.2) is 57.1 Å². The van der Waals surface area contributed by atoms with Gasteiger partial charge in [-0.15, -0.1) is 6.58 Å². The van der Waals surface area contributed by atoms with Gasteiger partial charge < -0.3 is 42.3 Å². The monoisotopic (exact) mass is 858 g/mol. The second-order valence-electron chi connectivity index (χ2n) is 13.6. The number of rotatable bonds is 4. The number of anilines is 4. The number of nitrogens with zero attached hydrogens (tertiary/aromatic N) is 8. The molecule has 0 amide bonds. The van der Waals surface area contributed by atoms with Crippen molar-refractivity contribution in [1.29, 1.82) is 0 Å². The van der Waals surface area contributed by atoms with Crippen LogP contribution in [0.4, 0.5) is 22.7 Å². The highest BCUT2D eigenvalue weighted by molar-refractivity contribution is 6.54. The van der Waals surface area contributed by atoms with E-state index in [-0.39, 0.29) is 39.5 Å². The van der Waals surface area contributed by atoms with E-state index in [0.717, 1.165) is 45.0 Å². The Morgan fingerprint density at radius 2 is 0.828 bits per heavy atom. The lowest BCUT2D eigenvalue weighted by molar-refractivity contribution is 0.00578. The predicted molar refractivity (Wildman–Crippen MR) is 241 cm³/mol. The molecule has 0 unspecified atom stereocenters. The molecule has 314 valence electrons. The van der Waals surface area contributed by atoms with E-state index in [2.05, 4.69) is 66.2 Å². The Kier molecular flexibility index (Phi) is 22.3. The fraction of sp³-hybridized carbons (Fsp3) is 0.351. The number of nitrogen functional groups attached to an aromatic ring is 4. The van der Waals surface area contributed by atoms with Crippen LogP contribution in [0.3, 0.4) is 0 Å². The van der Waals surface area contributed by atoms with Crippen LogP contribution in [0.1, 0.15) is 83.9 Å². The van der Waals surface area contributed by atoms with Gasteiger partial charge in [-0.2, -0.15) is 0 Å². The standard InChI is InChI=1S/C9H17BO2.2C8H11N3.C7H8ClN3.C4H3Cl2N3.CH5BO2/c1-7(2)10-11-8(3,4)9(5,6)12-10;2*1-5(2)8-7(9)6(3)10-4-11-8;1-4(2)6-5(9)7(8)11-3-10-6;5-3-2(7)4(6)9-1-8-3;1-2(3)4/h1H2,2-6H3;2*4H,1,9H2,2-3H3;3H,1,9H2,2H3;1H,7H2;3-4H,1H3. The Morgan fingerprint density at radius 3 is 1.05 bits per heavy atom. The minimum Gasteiger partial charge on any atom is -0.427 e. The number of hydrogen-bond acceptors (Lipinski definition) is 16. The molecule has 21 heteroatoms. The quantitative estimate of drug-likeness (QED) is 0.0875. The molecule has 4 aromatic rings. The van der Waals surface area contributed by atoms with Gasteiger partial charge in [0.05, 0.1) is 56.7 Å². The summed E-state index contributed by atoms with van der Waals surface area (Å²) in [6.07, 6.45) is 5.61. The molecular formula is C37H55B2Cl3N12O4. The van der Waals surface area contributed by atoms with Crippen LogP contribution in [0.5, 0.6) is 0 Å². The molecule has 1 fully saturated rings. The highest BCUT2D eigenvalue weighted by Crippen LogP contribution is 2.38. The molecule has 0 bridgehead atoms. The first-order valence-electron chi connectivity index (χ1n) is 17.3. The van der Waals surface area contributed by atoms with Gasteiger partial charge in [-0.05, 0) is 92.8 Å². The third-order valence-corrected chi connectivity index (χ3v) is 8.56. The summed E-state index contributed by atoms with van der Waals surface area (Å²) < 4.78 is 11.4. The zero-order valence-corrected chi connectivity index (χ0v) is 37.3. The summed E-state index contributed by atoms with van der Waals surface area (Å²) >= 11 is 16.5. The minimum absolute atomic E-state index is 0.190. The maximum absolute atomic E-state index is 7.61. The molecule has 0 saturated carbocycles. The van der Waals surface area contributed by atoms with Crippen molar-refractivity contribution in [3.05, 3.63) is 101 Å².